The van der Waals surface area contributed by atoms with Gasteiger partial charge in [-0.05, 0) is 47.9 Å². The fourth-order valence-electron chi connectivity index (χ4n) is 3.85. The quantitative estimate of drug-likeness (QED) is 0.146. The zero-order valence-electron chi connectivity index (χ0n) is 19.0. The Morgan fingerprint density at radius 2 is 1.67 bits per heavy atom. The molecule has 0 aliphatic carbocycles. The first-order chi connectivity index (χ1) is 17.1. The zero-order valence-corrected chi connectivity index (χ0v) is 19.9. The molecular formula is C24H27N3O8P+. The van der Waals surface area contributed by atoms with Crippen LogP contribution in [-0.2, 0) is 20.2 Å². The van der Waals surface area contributed by atoms with E-state index in [1.54, 1.807) is 24.3 Å². The highest BCUT2D eigenvalue weighted by Crippen LogP contribution is 2.37. The Morgan fingerprint density at radius 3 is 2.31 bits per heavy atom. The molecule has 36 heavy (non-hydrogen) atoms. The molecule has 2 heterocycles. The third-order valence-corrected chi connectivity index (χ3v) is 6.21. The number of nitrogens with one attached hydrogen (secondary N) is 1. The first-order valence-corrected chi connectivity index (χ1v) is 12.6. The third kappa shape index (κ3) is 6.54. The summed E-state index contributed by atoms with van der Waals surface area (Å²) in [6.45, 7) is -0.617. The monoisotopic (exact) mass is 516 g/mol. The predicted octanol–water partition coefficient (Wildman–Crippen LogP) is 1.13. The molecule has 12 heteroatoms. The van der Waals surface area contributed by atoms with Crippen LogP contribution in [0.1, 0.15) is 27.7 Å². The van der Waals surface area contributed by atoms with Gasteiger partial charge in [-0.25, -0.2) is 4.57 Å². The molecule has 0 unspecified atom stereocenters. The Labute approximate surface area is 207 Å². The second kappa shape index (κ2) is 10.9. The van der Waals surface area contributed by atoms with Crippen molar-refractivity contribution in [3.63, 3.8) is 0 Å². The van der Waals surface area contributed by atoms with E-state index in [0.717, 1.165) is 17.5 Å². The molecule has 11 nitrogen and oxygen atoms in total. The molecule has 190 valence electrons. The largest absolute Gasteiger partial charge is 0.469 e. The molecule has 1 aliphatic heterocycles. The van der Waals surface area contributed by atoms with Gasteiger partial charge < -0.3 is 35.8 Å². The van der Waals surface area contributed by atoms with E-state index in [-0.39, 0.29) is 5.56 Å². The lowest BCUT2D eigenvalue weighted by Gasteiger charge is -2.13. The number of nitrogens with zero attached hydrogens (tertiary/aromatic N) is 1. The summed E-state index contributed by atoms with van der Waals surface area (Å²) in [7, 11) is -4.77. The van der Waals surface area contributed by atoms with Crippen molar-refractivity contribution in [2.45, 2.75) is 31.0 Å². The number of nitrogens with two attached hydrogens (primary N) is 1. The number of rotatable bonds is 8. The van der Waals surface area contributed by atoms with Crippen molar-refractivity contribution < 1.29 is 43.2 Å². The van der Waals surface area contributed by atoms with Crippen molar-refractivity contribution in [3.05, 3.63) is 89.7 Å². The van der Waals surface area contributed by atoms with Gasteiger partial charge in [0.15, 0.2) is 18.5 Å². The summed E-state index contributed by atoms with van der Waals surface area (Å²) in [5.41, 5.74) is 9.48. The summed E-state index contributed by atoms with van der Waals surface area (Å²) >= 11 is 0. The van der Waals surface area contributed by atoms with Gasteiger partial charge in [-0.3, -0.25) is 9.32 Å². The Kier molecular flexibility index (Phi) is 7.82. The first kappa shape index (κ1) is 25.9. The lowest BCUT2D eigenvalue weighted by atomic mass is 10.0. The van der Waals surface area contributed by atoms with Gasteiger partial charge in [-0.1, -0.05) is 24.3 Å². The molecule has 7 N–H and O–H groups in total. The van der Waals surface area contributed by atoms with E-state index >= 15 is 0 Å². The summed E-state index contributed by atoms with van der Waals surface area (Å²) in [6.07, 6.45) is -1.42. The van der Waals surface area contributed by atoms with Crippen LogP contribution in [-0.4, -0.2) is 50.8 Å². The third-order valence-electron chi connectivity index (χ3n) is 5.72. The molecule has 0 spiro atoms. The molecule has 2 aromatic carbocycles. The zero-order chi connectivity index (χ0) is 25.9. The van der Waals surface area contributed by atoms with E-state index < -0.39 is 44.9 Å². The molecule has 4 rings (SSSR count). The van der Waals surface area contributed by atoms with Crippen molar-refractivity contribution in [1.82, 2.24) is 0 Å². The molecule has 1 amide bonds. The van der Waals surface area contributed by atoms with Gasteiger partial charge in [0.1, 0.15) is 17.8 Å². The second-order valence-corrected chi connectivity index (χ2v) is 9.68. The number of nitrogen functional groups attached to an aromatic ring is 1. The minimum atomic E-state index is -4.77. The number of aromatic nitrogens is 1. The van der Waals surface area contributed by atoms with E-state index in [2.05, 4.69) is 9.84 Å². The van der Waals surface area contributed by atoms with Crippen LogP contribution >= 0.6 is 7.82 Å². The molecule has 1 saturated heterocycles. The van der Waals surface area contributed by atoms with Crippen molar-refractivity contribution in [2.24, 2.45) is 0 Å². The molecule has 3 aromatic rings. The van der Waals surface area contributed by atoms with Crippen LogP contribution in [0.4, 0.5) is 11.4 Å². The van der Waals surface area contributed by atoms with E-state index in [4.69, 9.17) is 20.3 Å². The average Bonchev–Trinajstić information content (AvgIpc) is 3.14. The maximum Gasteiger partial charge on any atom is 0.469 e. The number of anilines is 2. The number of benzene rings is 2. The number of hydrogen-bond acceptors (Lipinski definition) is 7. The first-order valence-electron chi connectivity index (χ1n) is 11.1. The Morgan fingerprint density at radius 1 is 1.03 bits per heavy atom. The Bertz CT molecular complexity index is 1250. The maximum atomic E-state index is 12.8. The highest BCUT2D eigenvalue weighted by atomic mass is 31.2. The van der Waals surface area contributed by atoms with Gasteiger partial charge in [-0.2, -0.15) is 4.57 Å². The van der Waals surface area contributed by atoms with Crippen LogP contribution in [0.3, 0.4) is 0 Å². The fourth-order valence-corrected chi connectivity index (χ4v) is 4.19. The number of phosphoric ester groups is 1. The minimum absolute atomic E-state index is 0.267. The van der Waals surface area contributed by atoms with E-state index in [0.29, 0.717) is 11.4 Å². The number of hydrogen-bond donors (Lipinski definition) is 6. The second-order valence-electron chi connectivity index (χ2n) is 8.44. The van der Waals surface area contributed by atoms with Gasteiger partial charge >= 0.3 is 7.82 Å². The van der Waals surface area contributed by atoms with Crippen LogP contribution < -0.4 is 15.6 Å². The predicted molar refractivity (Wildman–Crippen MR) is 129 cm³/mol. The van der Waals surface area contributed by atoms with Crippen molar-refractivity contribution in [1.29, 1.82) is 0 Å². The van der Waals surface area contributed by atoms with Crippen LogP contribution in [0.25, 0.3) is 0 Å². The molecule has 1 aromatic heterocycles. The molecular weight excluding hydrogens is 489 g/mol. The van der Waals surface area contributed by atoms with Crippen LogP contribution in [0.5, 0.6) is 0 Å². The van der Waals surface area contributed by atoms with Crippen molar-refractivity contribution in [2.75, 3.05) is 17.7 Å². The number of pyridine rings is 1. The standard InChI is InChI=1S/C24H26N3O8P/c25-18-7-3-15(4-8-18)12-16-5-9-19(10-6-16)26-23(30)17-2-1-11-27(13-17)24-22(29)21(28)20(35-24)14-34-36(31,32)33/h1-11,13,20-22,24,28-29H,12,14,25H2,(H2-,26,30,31,32,33)/p+1/t20-,21-,22-,24-/m1/s1. The molecule has 1 fully saturated rings. The molecule has 4 atom stereocenters. The number of phosphoric acid groups is 1. The van der Waals surface area contributed by atoms with E-state index in [1.165, 1.54) is 17.0 Å². The highest BCUT2D eigenvalue weighted by molar-refractivity contribution is 7.46. The van der Waals surface area contributed by atoms with Crippen LogP contribution in [0, 0.1) is 0 Å². The van der Waals surface area contributed by atoms with Gasteiger partial charge in [0, 0.05) is 17.4 Å². The van der Waals surface area contributed by atoms with Gasteiger partial charge in [0.05, 0.1) is 6.61 Å². The average molecular weight is 516 g/mol. The summed E-state index contributed by atoms with van der Waals surface area (Å²) in [5, 5.41) is 23.4. The van der Waals surface area contributed by atoms with Crippen molar-refractivity contribution >= 4 is 25.1 Å². The lowest BCUT2D eigenvalue weighted by molar-refractivity contribution is -0.765. The SMILES string of the molecule is Nc1ccc(Cc2ccc(NC(=O)c3ccc[n+]([C@@H]4O[C@H](COP(=O)(O)O)[C@@H](O)[C@H]4O)c3)cc2)cc1. The number of amides is 1. The Hall–Kier alpha value is -3.15. The van der Waals surface area contributed by atoms with Crippen LogP contribution in [0.2, 0.25) is 0 Å². The molecule has 1 aliphatic rings. The number of carbonyl (C=O) groups is 1. The highest BCUT2D eigenvalue weighted by Gasteiger charge is 2.49. The topological polar surface area (TPSA) is 175 Å². The Balaban J connectivity index is 1.39. The number of ether oxygens (including phenoxy) is 1. The normalized spacial score (nSPS) is 21.9. The van der Waals surface area contributed by atoms with Crippen molar-refractivity contribution in [3.8, 4) is 0 Å². The van der Waals surface area contributed by atoms with Crippen LogP contribution in [0.15, 0.2) is 73.1 Å². The van der Waals surface area contributed by atoms with Gasteiger partial charge in [0.2, 0.25) is 0 Å². The summed E-state index contributed by atoms with van der Waals surface area (Å²) < 4.78 is 22.3. The lowest BCUT2D eigenvalue weighted by Crippen LogP contribution is -2.46. The number of aliphatic hydroxyl groups excluding tert-OH is 2. The minimum Gasteiger partial charge on any atom is -0.399 e. The summed E-state index contributed by atoms with van der Waals surface area (Å²) in [4.78, 5) is 30.5. The number of carbonyl (C=O) groups excluding carboxylic acids is 1. The molecule has 0 saturated carbocycles. The van der Waals surface area contributed by atoms with Gasteiger partial charge in [0.25, 0.3) is 12.1 Å². The van der Waals surface area contributed by atoms with E-state index in [1.807, 2.05) is 36.4 Å². The fraction of sp³-hybridized carbons (Fsp3) is 0.250. The number of aliphatic hydroxyl groups is 2. The van der Waals surface area contributed by atoms with Gasteiger partial charge in [-0.15, -0.1) is 0 Å². The smallest absolute Gasteiger partial charge is 0.399 e. The molecule has 0 bridgehead atoms. The maximum absolute atomic E-state index is 12.8. The summed E-state index contributed by atoms with van der Waals surface area (Å²) in [5.74, 6) is -0.398. The van der Waals surface area contributed by atoms with E-state index in [9.17, 15) is 19.6 Å². The summed E-state index contributed by atoms with van der Waals surface area (Å²) in [6, 6.07) is 18.2. The molecule has 0 radical (unpaired) electrons.